The number of fused-ring (bicyclic) bond motifs is 2. The number of ketones is 1. The molecule has 148 valence electrons. The largest absolute Gasteiger partial charge is 0.481 e. The summed E-state index contributed by atoms with van der Waals surface area (Å²) >= 11 is 0. The van der Waals surface area contributed by atoms with E-state index in [0.717, 1.165) is 6.07 Å². The fourth-order valence-electron chi connectivity index (χ4n) is 2.88. The maximum atomic E-state index is 13.0. The first kappa shape index (κ1) is 20.0. The van der Waals surface area contributed by atoms with E-state index < -0.39 is 32.3 Å². The van der Waals surface area contributed by atoms with E-state index >= 15 is 0 Å². The molecule has 0 atom stereocenters. The lowest BCUT2D eigenvalue weighted by molar-refractivity contribution is -0.137. The third-order valence-electron chi connectivity index (χ3n) is 4.18. The molecule has 0 amide bonds. The highest BCUT2D eigenvalue weighted by Gasteiger charge is 2.38. The van der Waals surface area contributed by atoms with Gasteiger partial charge in [-0.15, -0.1) is 0 Å². The molecule has 2 N–H and O–H groups in total. The highest BCUT2D eigenvalue weighted by molar-refractivity contribution is 7.91. The van der Waals surface area contributed by atoms with E-state index in [9.17, 15) is 26.4 Å². The Hall–Kier alpha value is -2.72. The molecule has 1 aliphatic rings. The lowest BCUT2D eigenvalue weighted by Crippen LogP contribution is -2.22. The van der Waals surface area contributed by atoms with Gasteiger partial charge in [-0.25, -0.2) is 13.4 Å². The van der Waals surface area contributed by atoms with E-state index in [4.69, 9.17) is 10.5 Å². The SMILES string of the molecule is COC(=NCCN)c1ccc2c(c1)S(=O)(=O)c1cc(C(F)(F)F)ccc1C2=O. The molecule has 6 nitrogen and oxygen atoms in total. The molecule has 0 unspecified atom stereocenters. The molecule has 0 bridgehead atoms. The van der Waals surface area contributed by atoms with Gasteiger partial charge >= 0.3 is 6.18 Å². The second-order valence-corrected chi connectivity index (χ2v) is 7.82. The van der Waals surface area contributed by atoms with Crippen LogP contribution in [0.1, 0.15) is 27.0 Å². The summed E-state index contributed by atoms with van der Waals surface area (Å²) in [5.74, 6) is -0.566. The van der Waals surface area contributed by atoms with E-state index in [-0.39, 0.29) is 40.6 Å². The molecule has 0 radical (unpaired) electrons. The minimum absolute atomic E-state index is 0.103. The number of benzene rings is 2. The number of carbonyl (C=O) groups excluding carboxylic acids is 1. The molecule has 10 heteroatoms. The summed E-state index contributed by atoms with van der Waals surface area (Å²) in [5, 5.41) is 0. The van der Waals surface area contributed by atoms with Gasteiger partial charge in [0, 0.05) is 23.2 Å². The van der Waals surface area contributed by atoms with Crippen LogP contribution in [0, 0.1) is 0 Å². The Balaban J connectivity index is 2.21. The van der Waals surface area contributed by atoms with E-state index in [1.165, 1.54) is 25.3 Å². The summed E-state index contributed by atoms with van der Waals surface area (Å²) in [6.07, 6.45) is -4.74. The zero-order valence-electron chi connectivity index (χ0n) is 14.6. The minimum Gasteiger partial charge on any atom is -0.481 e. The number of hydrogen-bond acceptors (Lipinski definition) is 6. The Morgan fingerprint density at radius 3 is 2.29 bits per heavy atom. The Morgan fingerprint density at radius 1 is 1.11 bits per heavy atom. The molecular formula is C18H15F3N2O4S. The number of carbonyl (C=O) groups is 1. The molecule has 2 aromatic rings. The maximum absolute atomic E-state index is 13.0. The number of aliphatic imine (C=N–C) groups is 1. The summed E-state index contributed by atoms with van der Waals surface area (Å²) in [6.45, 7) is 0.464. The smallest absolute Gasteiger partial charge is 0.416 e. The second kappa shape index (κ2) is 7.02. The van der Waals surface area contributed by atoms with E-state index in [0.29, 0.717) is 12.1 Å². The van der Waals surface area contributed by atoms with Crippen LogP contribution in [-0.4, -0.2) is 40.3 Å². The van der Waals surface area contributed by atoms with Crippen LogP contribution in [0.2, 0.25) is 0 Å². The van der Waals surface area contributed by atoms with Crippen molar-refractivity contribution in [3.8, 4) is 0 Å². The molecule has 0 aromatic heterocycles. The number of nitrogens with two attached hydrogens (primary N) is 1. The first-order valence-corrected chi connectivity index (χ1v) is 9.53. The molecule has 28 heavy (non-hydrogen) atoms. The lowest BCUT2D eigenvalue weighted by Gasteiger charge is -2.21. The van der Waals surface area contributed by atoms with E-state index in [2.05, 4.69) is 4.99 Å². The van der Waals surface area contributed by atoms with Gasteiger partial charge in [-0.2, -0.15) is 13.2 Å². The molecule has 0 spiro atoms. The lowest BCUT2D eigenvalue weighted by atomic mass is 9.99. The monoisotopic (exact) mass is 412 g/mol. The third-order valence-corrected chi connectivity index (χ3v) is 6.02. The van der Waals surface area contributed by atoms with Crippen LogP contribution in [0.25, 0.3) is 0 Å². The van der Waals surface area contributed by atoms with Gasteiger partial charge in [0.05, 0.1) is 29.0 Å². The van der Waals surface area contributed by atoms with Crippen LogP contribution >= 0.6 is 0 Å². The highest BCUT2D eigenvalue weighted by atomic mass is 32.2. The van der Waals surface area contributed by atoms with Crippen LogP contribution in [0.5, 0.6) is 0 Å². The zero-order chi connectivity index (χ0) is 20.7. The number of methoxy groups -OCH3 is 1. The van der Waals surface area contributed by atoms with Gasteiger partial charge in [-0.3, -0.25) is 4.79 Å². The number of rotatable bonds is 3. The molecule has 0 saturated heterocycles. The Bertz CT molecular complexity index is 1090. The summed E-state index contributed by atoms with van der Waals surface area (Å²) in [7, 11) is -3.03. The maximum Gasteiger partial charge on any atom is 0.416 e. The Labute approximate surface area is 158 Å². The molecule has 1 heterocycles. The van der Waals surface area contributed by atoms with Crippen molar-refractivity contribution in [2.45, 2.75) is 16.0 Å². The number of alkyl halides is 3. The molecule has 2 aromatic carbocycles. The predicted octanol–water partition coefficient (Wildman–Crippen LogP) is 2.43. The molecule has 0 fully saturated rings. The van der Waals surface area contributed by atoms with Gasteiger partial charge in [-0.05, 0) is 36.4 Å². The van der Waals surface area contributed by atoms with Crippen LogP contribution in [0.15, 0.2) is 51.2 Å². The van der Waals surface area contributed by atoms with Gasteiger partial charge in [-0.1, -0.05) is 0 Å². The standard InChI is InChI=1S/C18H15F3N2O4S/c1-27-17(23-7-6-22)10-2-4-12-14(8-10)28(25,26)15-9-11(18(19,20)21)3-5-13(15)16(12)24/h2-5,8-9H,6-7,22H2,1H3. The van der Waals surface area contributed by atoms with Gasteiger partial charge in [0.2, 0.25) is 15.7 Å². The topological polar surface area (TPSA) is 98.8 Å². The number of hydrogen-bond donors (Lipinski definition) is 1. The summed E-state index contributed by atoms with van der Waals surface area (Å²) in [5.41, 5.74) is 4.09. The molecule has 3 rings (SSSR count). The van der Waals surface area contributed by atoms with Crippen LogP contribution in [0.3, 0.4) is 0 Å². The van der Waals surface area contributed by atoms with Crippen molar-refractivity contribution in [1.82, 2.24) is 0 Å². The van der Waals surface area contributed by atoms with Crippen molar-refractivity contribution >= 4 is 21.5 Å². The average molecular weight is 412 g/mol. The van der Waals surface area contributed by atoms with Crippen LogP contribution < -0.4 is 5.73 Å². The van der Waals surface area contributed by atoms with Gasteiger partial charge in [0.1, 0.15) is 0 Å². The summed E-state index contributed by atoms with van der Waals surface area (Å²) in [6, 6.07) is 5.98. The number of nitrogens with zero attached hydrogens (tertiary/aromatic N) is 1. The van der Waals surface area contributed by atoms with Gasteiger partial charge in [0.25, 0.3) is 0 Å². The minimum atomic E-state index is -4.74. The second-order valence-electron chi connectivity index (χ2n) is 5.93. The van der Waals surface area contributed by atoms with Crippen LogP contribution in [0.4, 0.5) is 13.2 Å². The number of ether oxygens (including phenoxy) is 1. The number of sulfone groups is 1. The Kier molecular flexibility index (Phi) is 5.02. The van der Waals surface area contributed by atoms with Crippen molar-refractivity contribution in [3.63, 3.8) is 0 Å². The van der Waals surface area contributed by atoms with E-state index in [1.807, 2.05) is 0 Å². The van der Waals surface area contributed by atoms with Crippen LogP contribution in [-0.2, 0) is 20.8 Å². The quantitative estimate of drug-likeness (QED) is 0.526. The van der Waals surface area contributed by atoms with Crippen molar-refractivity contribution in [2.24, 2.45) is 10.7 Å². The average Bonchev–Trinajstić information content (AvgIpc) is 2.66. The summed E-state index contributed by atoms with van der Waals surface area (Å²) < 4.78 is 70.1. The molecule has 1 aliphatic heterocycles. The number of halogens is 3. The van der Waals surface area contributed by atoms with Crippen molar-refractivity contribution in [2.75, 3.05) is 20.2 Å². The van der Waals surface area contributed by atoms with Crippen molar-refractivity contribution < 1.29 is 31.1 Å². The zero-order valence-corrected chi connectivity index (χ0v) is 15.4. The first-order valence-electron chi connectivity index (χ1n) is 8.05. The van der Waals surface area contributed by atoms with Crippen molar-refractivity contribution in [1.29, 1.82) is 0 Å². The van der Waals surface area contributed by atoms with Gasteiger partial charge in [0.15, 0.2) is 5.78 Å². The summed E-state index contributed by atoms with van der Waals surface area (Å²) in [4.78, 5) is 15.7. The highest BCUT2D eigenvalue weighted by Crippen LogP contribution is 2.38. The normalized spacial score (nSPS) is 15.8. The fourth-order valence-corrected chi connectivity index (χ4v) is 4.58. The Morgan fingerprint density at radius 2 is 1.71 bits per heavy atom. The first-order chi connectivity index (χ1) is 13.1. The van der Waals surface area contributed by atoms with Crippen molar-refractivity contribution in [3.05, 3.63) is 58.7 Å². The molecule has 0 aliphatic carbocycles. The van der Waals surface area contributed by atoms with E-state index in [1.54, 1.807) is 0 Å². The molecule has 0 saturated carbocycles. The van der Waals surface area contributed by atoms with Gasteiger partial charge < -0.3 is 10.5 Å². The fraction of sp³-hybridized carbons (Fsp3) is 0.222. The third kappa shape index (κ3) is 3.29. The molecular weight excluding hydrogens is 397 g/mol. The predicted molar refractivity (Wildman–Crippen MR) is 94.2 cm³/mol.